The van der Waals surface area contributed by atoms with Crippen LogP contribution >= 0.6 is 11.6 Å². The number of rotatable bonds is 1. The highest BCUT2D eigenvalue weighted by atomic mass is 35.5. The molecule has 0 aliphatic carbocycles. The second kappa shape index (κ2) is 4.08. The van der Waals surface area contributed by atoms with Gasteiger partial charge in [0, 0.05) is 18.3 Å². The maximum atomic E-state index is 6.18. The van der Waals surface area contributed by atoms with E-state index in [1.165, 1.54) is 0 Å². The van der Waals surface area contributed by atoms with Crippen LogP contribution in [0.25, 0.3) is 17.1 Å². The molecule has 0 spiro atoms. The molecule has 0 radical (unpaired) electrons. The molecule has 1 aliphatic heterocycles. The Morgan fingerprint density at radius 3 is 3.05 bits per heavy atom. The Bertz CT molecular complexity index is 803. The lowest BCUT2D eigenvalue weighted by Crippen LogP contribution is -2.04. The van der Waals surface area contributed by atoms with Gasteiger partial charge in [-0.3, -0.25) is 4.57 Å². The Hall–Kier alpha value is -2.34. The van der Waals surface area contributed by atoms with Crippen LogP contribution in [0.5, 0.6) is 0 Å². The number of nitrogens with one attached hydrogen (secondary N) is 1. The Kier molecular flexibility index (Phi) is 2.34. The zero-order valence-corrected chi connectivity index (χ0v) is 11.5. The van der Waals surface area contributed by atoms with E-state index in [0.717, 1.165) is 28.5 Å². The van der Waals surface area contributed by atoms with Gasteiger partial charge in [0.15, 0.2) is 11.0 Å². The monoisotopic (exact) mass is 286 g/mol. The van der Waals surface area contributed by atoms with Crippen LogP contribution in [0.4, 0.5) is 5.69 Å². The topological polar surface area (TPSA) is 60.6 Å². The normalized spacial score (nSPS) is 12.3. The first-order valence-corrected chi connectivity index (χ1v) is 6.58. The molecule has 0 saturated carbocycles. The van der Waals surface area contributed by atoms with Gasteiger partial charge in [-0.1, -0.05) is 11.6 Å². The third kappa shape index (κ3) is 1.48. The summed E-state index contributed by atoms with van der Waals surface area (Å²) in [6.45, 7) is 0.553. The molecule has 0 fully saturated rings. The van der Waals surface area contributed by atoms with Crippen molar-refractivity contribution in [3.63, 3.8) is 0 Å². The quantitative estimate of drug-likeness (QED) is 0.583. The van der Waals surface area contributed by atoms with Crippen LogP contribution in [-0.4, -0.2) is 31.4 Å². The van der Waals surface area contributed by atoms with E-state index in [9.17, 15) is 0 Å². The average Bonchev–Trinajstić information content (AvgIpc) is 3.04. The summed E-state index contributed by atoms with van der Waals surface area (Å²) in [5, 5.41) is 7.91. The summed E-state index contributed by atoms with van der Waals surface area (Å²) in [5.74, 6) is 0.830. The van der Waals surface area contributed by atoms with Gasteiger partial charge in [-0.15, -0.1) is 0 Å². The molecule has 7 heteroatoms. The Labute approximate surface area is 120 Å². The third-order valence-corrected chi connectivity index (χ3v) is 3.83. The second-order valence-electron chi connectivity index (χ2n) is 4.58. The number of halogens is 1. The van der Waals surface area contributed by atoms with Gasteiger partial charge in [0.2, 0.25) is 0 Å². The highest BCUT2D eigenvalue weighted by Gasteiger charge is 2.23. The summed E-state index contributed by atoms with van der Waals surface area (Å²) in [5.41, 5.74) is 3.94. The molecular formula is C13H11ClN6. The van der Waals surface area contributed by atoms with Crippen molar-refractivity contribution in [2.24, 2.45) is 0 Å². The summed E-state index contributed by atoms with van der Waals surface area (Å²) in [7, 11) is 1.89. The Balaban J connectivity index is 2.08. The van der Waals surface area contributed by atoms with Crippen molar-refractivity contribution >= 4 is 17.3 Å². The van der Waals surface area contributed by atoms with Gasteiger partial charge in [0.25, 0.3) is 0 Å². The molecule has 6 nitrogen and oxygen atoms in total. The molecule has 0 atom stereocenters. The van der Waals surface area contributed by atoms with Gasteiger partial charge < -0.3 is 5.32 Å². The van der Waals surface area contributed by atoms with Gasteiger partial charge in [0.05, 0.1) is 17.9 Å². The van der Waals surface area contributed by atoms with Crippen LogP contribution in [0.2, 0.25) is 5.15 Å². The van der Waals surface area contributed by atoms with E-state index in [-0.39, 0.29) is 0 Å². The second-order valence-corrected chi connectivity index (χ2v) is 4.93. The summed E-state index contributed by atoms with van der Waals surface area (Å²) >= 11 is 6.18. The summed E-state index contributed by atoms with van der Waals surface area (Å²) in [4.78, 5) is 8.56. The summed E-state index contributed by atoms with van der Waals surface area (Å²) < 4.78 is 3.83. The van der Waals surface area contributed by atoms with E-state index in [1.807, 2.05) is 28.4 Å². The fourth-order valence-corrected chi connectivity index (χ4v) is 2.71. The molecule has 0 unspecified atom stereocenters. The van der Waals surface area contributed by atoms with E-state index >= 15 is 0 Å². The van der Waals surface area contributed by atoms with Crippen LogP contribution in [-0.2, 0) is 6.54 Å². The Morgan fingerprint density at radius 2 is 2.20 bits per heavy atom. The molecular weight excluding hydrogens is 276 g/mol. The van der Waals surface area contributed by atoms with Crippen molar-refractivity contribution in [1.29, 1.82) is 0 Å². The molecule has 20 heavy (non-hydrogen) atoms. The number of nitrogens with zero attached hydrogens (tertiary/aromatic N) is 5. The van der Waals surface area contributed by atoms with E-state index < -0.39 is 0 Å². The Morgan fingerprint density at radius 1 is 1.30 bits per heavy atom. The van der Waals surface area contributed by atoms with Crippen LogP contribution in [0.15, 0.2) is 30.9 Å². The van der Waals surface area contributed by atoms with Crippen molar-refractivity contribution in [2.45, 2.75) is 6.54 Å². The highest BCUT2D eigenvalue weighted by molar-refractivity contribution is 6.30. The lowest BCUT2D eigenvalue weighted by Gasteiger charge is -2.10. The molecule has 3 aromatic rings. The number of fused-ring (bicyclic) bond motifs is 5. The molecule has 100 valence electrons. The minimum Gasteiger partial charge on any atom is -0.388 e. The van der Waals surface area contributed by atoms with E-state index in [1.54, 1.807) is 12.7 Å². The number of hydrogen-bond donors (Lipinski definition) is 1. The van der Waals surface area contributed by atoms with Crippen LogP contribution in [0.1, 0.15) is 5.69 Å². The minimum absolute atomic E-state index is 0.497. The molecule has 0 amide bonds. The zero-order valence-electron chi connectivity index (χ0n) is 10.7. The number of hydrogen-bond acceptors (Lipinski definition) is 4. The predicted octanol–water partition coefficient (Wildman–Crippen LogP) is 2.19. The minimum atomic E-state index is 0.497. The first-order valence-electron chi connectivity index (χ1n) is 6.20. The zero-order chi connectivity index (χ0) is 13.7. The maximum absolute atomic E-state index is 6.18. The van der Waals surface area contributed by atoms with E-state index in [0.29, 0.717) is 11.7 Å². The number of imidazole rings is 1. The summed E-state index contributed by atoms with van der Waals surface area (Å²) in [6, 6.07) is 6.11. The number of benzene rings is 1. The fourth-order valence-electron chi connectivity index (χ4n) is 2.51. The van der Waals surface area contributed by atoms with Crippen LogP contribution in [0, 0.1) is 0 Å². The largest absolute Gasteiger partial charge is 0.388 e. The van der Waals surface area contributed by atoms with Crippen molar-refractivity contribution in [2.75, 3.05) is 12.4 Å². The molecule has 1 aliphatic rings. The van der Waals surface area contributed by atoms with Crippen LogP contribution < -0.4 is 5.32 Å². The molecule has 0 bridgehead atoms. The average molecular weight is 287 g/mol. The van der Waals surface area contributed by atoms with E-state index in [2.05, 4.69) is 26.4 Å². The first-order chi connectivity index (χ1) is 9.78. The summed E-state index contributed by atoms with van der Waals surface area (Å²) in [6.07, 6.45) is 3.30. The molecule has 1 aromatic carbocycles. The highest BCUT2D eigenvalue weighted by Crippen LogP contribution is 2.33. The molecule has 2 aromatic heterocycles. The van der Waals surface area contributed by atoms with Crippen molar-refractivity contribution in [1.82, 2.24) is 24.3 Å². The molecule has 0 saturated heterocycles. The van der Waals surface area contributed by atoms with Gasteiger partial charge in [0.1, 0.15) is 12.7 Å². The molecule has 3 heterocycles. The number of anilines is 1. The van der Waals surface area contributed by atoms with Gasteiger partial charge in [-0.2, -0.15) is 5.10 Å². The smallest absolute Gasteiger partial charge is 0.160 e. The van der Waals surface area contributed by atoms with E-state index in [4.69, 9.17) is 11.6 Å². The first kappa shape index (κ1) is 11.5. The van der Waals surface area contributed by atoms with Gasteiger partial charge >= 0.3 is 0 Å². The van der Waals surface area contributed by atoms with Crippen molar-refractivity contribution in [3.05, 3.63) is 41.7 Å². The lowest BCUT2D eigenvalue weighted by atomic mass is 10.1. The van der Waals surface area contributed by atoms with Crippen molar-refractivity contribution < 1.29 is 0 Å². The maximum Gasteiger partial charge on any atom is 0.160 e. The number of aromatic nitrogens is 5. The lowest BCUT2D eigenvalue weighted by molar-refractivity contribution is 0.677. The predicted molar refractivity (Wildman–Crippen MR) is 76.2 cm³/mol. The standard InChI is InChI=1S/C13H11ClN6/c1-15-8-2-3-10-9(4-8)13-16-6-18-20(13)5-11-12(14)17-7-19(10)11/h2-4,6-7,15H,5H2,1H3. The third-order valence-electron chi connectivity index (χ3n) is 3.52. The van der Waals surface area contributed by atoms with Crippen molar-refractivity contribution in [3.8, 4) is 17.1 Å². The van der Waals surface area contributed by atoms with Gasteiger partial charge in [-0.25, -0.2) is 14.6 Å². The molecule has 4 rings (SSSR count). The SMILES string of the molecule is CNc1ccc2c(c1)-c1ncnn1Cc1c(Cl)ncn1-2. The van der Waals surface area contributed by atoms with Gasteiger partial charge in [-0.05, 0) is 18.2 Å². The van der Waals surface area contributed by atoms with Crippen LogP contribution in [0.3, 0.4) is 0 Å². The molecule has 1 N–H and O–H groups in total. The fraction of sp³-hybridized carbons (Fsp3) is 0.154.